The number of methoxy groups -OCH3 is 1. The summed E-state index contributed by atoms with van der Waals surface area (Å²) < 4.78 is 11.4. The Bertz CT molecular complexity index is 1070. The summed E-state index contributed by atoms with van der Waals surface area (Å²) in [6, 6.07) is 6.16. The molecule has 4 atom stereocenters. The number of likely N-dealkylation sites (tertiary alicyclic amines) is 2. The third kappa shape index (κ3) is 4.80. The molecule has 5 fully saturated rings. The van der Waals surface area contributed by atoms with Gasteiger partial charge in [0.25, 0.3) is 0 Å². The summed E-state index contributed by atoms with van der Waals surface area (Å²) in [6.45, 7) is 2.54. The second kappa shape index (κ2) is 10.7. The Labute approximate surface area is 225 Å². The molecule has 0 radical (unpaired) electrons. The van der Waals surface area contributed by atoms with E-state index in [0.29, 0.717) is 18.0 Å². The molecule has 5 aliphatic rings. The first kappa shape index (κ1) is 26.0. The van der Waals surface area contributed by atoms with Crippen LogP contribution in [0.5, 0.6) is 0 Å². The number of piperidine rings is 1. The molecule has 3 saturated heterocycles. The highest BCUT2D eigenvalue weighted by Crippen LogP contribution is 2.43. The van der Waals surface area contributed by atoms with Crippen molar-refractivity contribution in [1.82, 2.24) is 9.80 Å². The zero-order valence-electron chi connectivity index (χ0n) is 22.5. The van der Waals surface area contributed by atoms with Crippen molar-refractivity contribution in [2.24, 2.45) is 11.7 Å². The number of carbonyl (C=O) groups excluding carboxylic acids is 3. The minimum absolute atomic E-state index is 0.00858. The Balaban J connectivity index is 1.35. The molecule has 0 bridgehead atoms. The number of ketones is 1. The van der Waals surface area contributed by atoms with Crippen LogP contribution in [-0.2, 0) is 19.1 Å². The molecule has 1 aromatic rings. The number of nitrogens with two attached hydrogens (primary N) is 1. The maximum absolute atomic E-state index is 14.5. The Hall–Kier alpha value is -2.29. The highest BCUT2D eigenvalue weighted by molar-refractivity contribution is 5.99. The average Bonchev–Trinajstić information content (AvgIpc) is 3.63. The Morgan fingerprint density at radius 3 is 2.45 bits per heavy atom. The number of nitrogens with zero attached hydrogens (tertiary/aromatic N) is 2. The van der Waals surface area contributed by atoms with E-state index in [-0.39, 0.29) is 30.3 Å². The smallest absolute Gasteiger partial charge is 0.249 e. The quantitative estimate of drug-likeness (QED) is 0.590. The van der Waals surface area contributed by atoms with Crippen molar-refractivity contribution in [3.8, 4) is 0 Å². The van der Waals surface area contributed by atoms with E-state index in [1.54, 1.807) is 12.0 Å². The minimum atomic E-state index is -0.620. The molecule has 0 aromatic heterocycles. The molecule has 2 amide bonds. The van der Waals surface area contributed by atoms with Crippen LogP contribution in [0, 0.1) is 5.92 Å². The topological polar surface area (TPSA) is 102 Å². The van der Waals surface area contributed by atoms with Crippen LogP contribution >= 0.6 is 0 Å². The molecule has 38 heavy (non-hydrogen) atoms. The van der Waals surface area contributed by atoms with Crippen molar-refractivity contribution < 1.29 is 23.9 Å². The number of fused-ring (bicyclic) bond motifs is 1. The molecular formula is C30H41N3O5. The lowest BCUT2D eigenvalue weighted by Crippen LogP contribution is -2.46. The highest BCUT2D eigenvalue weighted by Gasteiger charge is 2.54. The van der Waals surface area contributed by atoms with Crippen molar-refractivity contribution in [3.05, 3.63) is 34.9 Å². The van der Waals surface area contributed by atoms with Crippen LogP contribution in [0.3, 0.4) is 0 Å². The van der Waals surface area contributed by atoms with Crippen LogP contribution in [0.4, 0.5) is 0 Å². The molecule has 0 unspecified atom stereocenters. The van der Waals surface area contributed by atoms with Gasteiger partial charge in [-0.2, -0.15) is 0 Å². The van der Waals surface area contributed by atoms with Crippen molar-refractivity contribution in [2.45, 2.75) is 93.9 Å². The Morgan fingerprint density at radius 2 is 1.79 bits per heavy atom. The summed E-state index contributed by atoms with van der Waals surface area (Å²) in [6.07, 6.45) is 9.21. The fourth-order valence-corrected chi connectivity index (χ4v) is 7.64. The zero-order chi connectivity index (χ0) is 26.4. The molecule has 2 N–H and O–H groups in total. The van der Waals surface area contributed by atoms with E-state index >= 15 is 0 Å². The Kier molecular flexibility index (Phi) is 7.31. The largest absolute Gasteiger partial charge is 0.377 e. The third-order valence-corrected chi connectivity index (χ3v) is 9.85. The summed E-state index contributed by atoms with van der Waals surface area (Å²) in [7, 11) is 1.60. The number of amides is 2. The fraction of sp³-hybridized carbons (Fsp3) is 0.700. The van der Waals surface area contributed by atoms with Crippen molar-refractivity contribution in [1.29, 1.82) is 0 Å². The molecule has 8 heteroatoms. The summed E-state index contributed by atoms with van der Waals surface area (Å²) >= 11 is 0. The normalized spacial score (nSPS) is 30.0. The number of hydrogen-bond donors (Lipinski definition) is 1. The van der Waals surface area contributed by atoms with Gasteiger partial charge in [0.15, 0.2) is 5.78 Å². The van der Waals surface area contributed by atoms with Gasteiger partial charge in [0.05, 0.1) is 12.5 Å². The monoisotopic (exact) mass is 523 g/mol. The molecule has 2 aliphatic carbocycles. The maximum Gasteiger partial charge on any atom is 0.249 e. The lowest BCUT2D eigenvalue weighted by atomic mass is 9.73. The number of ether oxygens (including phenoxy) is 2. The van der Waals surface area contributed by atoms with Gasteiger partial charge in [0.2, 0.25) is 11.8 Å². The van der Waals surface area contributed by atoms with Gasteiger partial charge in [-0.3, -0.25) is 14.4 Å². The second-order valence-electron chi connectivity index (χ2n) is 12.1. The second-order valence-corrected chi connectivity index (χ2v) is 12.1. The number of primary amides is 1. The lowest BCUT2D eigenvalue weighted by molar-refractivity contribution is -0.139. The highest BCUT2D eigenvalue weighted by atomic mass is 16.5. The number of carbonyl (C=O) groups is 3. The van der Waals surface area contributed by atoms with E-state index in [1.807, 2.05) is 12.1 Å². The SMILES string of the molecule is CO[C@@H]1CN(C(=O)[C@H](c2cc(C3CCN(C4CC4)CC3)ccc2C(N)=O)C2CCCCC2)[C@@H]2C(=O)CO[C@@H]21. The molecule has 3 heterocycles. The van der Waals surface area contributed by atoms with Crippen LogP contribution < -0.4 is 5.73 Å². The predicted molar refractivity (Wildman–Crippen MR) is 142 cm³/mol. The number of rotatable bonds is 7. The number of hydrogen-bond acceptors (Lipinski definition) is 6. The summed E-state index contributed by atoms with van der Waals surface area (Å²) in [5, 5.41) is 0. The van der Waals surface area contributed by atoms with Crippen molar-refractivity contribution in [2.75, 3.05) is 33.4 Å². The first-order chi connectivity index (χ1) is 18.5. The lowest BCUT2D eigenvalue weighted by Gasteiger charge is -2.36. The molecule has 3 aliphatic heterocycles. The van der Waals surface area contributed by atoms with E-state index < -0.39 is 24.0 Å². The van der Waals surface area contributed by atoms with Gasteiger partial charge >= 0.3 is 0 Å². The van der Waals surface area contributed by atoms with Crippen LogP contribution in [0.2, 0.25) is 0 Å². The molecule has 8 nitrogen and oxygen atoms in total. The van der Waals surface area contributed by atoms with Gasteiger partial charge in [0, 0.05) is 18.7 Å². The zero-order valence-corrected chi connectivity index (χ0v) is 22.5. The molecule has 206 valence electrons. The minimum Gasteiger partial charge on any atom is -0.377 e. The standard InChI is InChI=1S/C30H41N3O5/c1-37-25-16-33(27-24(34)17-38-28(25)27)30(36)26(19-5-3-2-4-6-19)23-15-20(7-10-22(23)29(31)35)18-11-13-32(14-12-18)21-8-9-21/h7,10,15,18-19,21,25-28H,2-6,8-9,11-14,16-17H2,1H3,(H2,31,35)/t25-,26+,27-,28-/m1/s1. The first-order valence-electron chi connectivity index (χ1n) is 14.6. The summed E-state index contributed by atoms with van der Waals surface area (Å²) in [4.78, 5) is 44.3. The van der Waals surface area contributed by atoms with Crippen molar-refractivity contribution >= 4 is 17.6 Å². The number of Topliss-reactive ketones (excluding diaryl/α,β-unsaturated/α-hetero) is 1. The van der Waals surface area contributed by atoms with Gasteiger partial charge in [-0.25, -0.2) is 0 Å². The van der Waals surface area contributed by atoms with E-state index in [0.717, 1.165) is 69.6 Å². The average molecular weight is 524 g/mol. The van der Waals surface area contributed by atoms with E-state index in [4.69, 9.17) is 15.2 Å². The molecule has 1 aromatic carbocycles. The maximum atomic E-state index is 14.5. The van der Waals surface area contributed by atoms with Gasteiger partial charge in [-0.1, -0.05) is 31.4 Å². The summed E-state index contributed by atoms with van der Waals surface area (Å²) in [5.41, 5.74) is 8.29. The van der Waals surface area contributed by atoms with Gasteiger partial charge in [-0.05, 0) is 80.6 Å². The van der Waals surface area contributed by atoms with Crippen LogP contribution in [-0.4, -0.2) is 85.0 Å². The van der Waals surface area contributed by atoms with Crippen LogP contribution in [0.1, 0.15) is 91.1 Å². The van der Waals surface area contributed by atoms with Crippen LogP contribution in [0.15, 0.2) is 18.2 Å². The molecule has 6 rings (SSSR count). The van der Waals surface area contributed by atoms with E-state index in [1.165, 1.54) is 18.4 Å². The summed E-state index contributed by atoms with van der Waals surface area (Å²) in [5.74, 6) is -0.650. The molecular weight excluding hydrogens is 482 g/mol. The van der Waals surface area contributed by atoms with Gasteiger partial charge in [0.1, 0.15) is 24.9 Å². The van der Waals surface area contributed by atoms with Gasteiger partial charge < -0.3 is 25.0 Å². The predicted octanol–water partition coefficient (Wildman–Crippen LogP) is 2.98. The van der Waals surface area contributed by atoms with Crippen molar-refractivity contribution in [3.63, 3.8) is 0 Å². The fourth-order valence-electron chi connectivity index (χ4n) is 7.64. The first-order valence-corrected chi connectivity index (χ1v) is 14.6. The number of benzene rings is 1. The Morgan fingerprint density at radius 1 is 1.05 bits per heavy atom. The van der Waals surface area contributed by atoms with Gasteiger partial charge in [-0.15, -0.1) is 0 Å². The van der Waals surface area contributed by atoms with E-state index in [9.17, 15) is 14.4 Å². The molecule has 2 saturated carbocycles. The van der Waals surface area contributed by atoms with Crippen LogP contribution in [0.25, 0.3) is 0 Å². The third-order valence-electron chi connectivity index (χ3n) is 9.85. The van der Waals surface area contributed by atoms with E-state index in [2.05, 4.69) is 11.0 Å². The molecule has 0 spiro atoms.